The molecule has 1 atom stereocenters. The Hall–Kier alpha value is -3.73. The average Bonchev–Trinajstić information content (AvgIpc) is 2.78. The predicted octanol–water partition coefficient (Wildman–Crippen LogP) is 3.61. The summed E-state index contributed by atoms with van der Waals surface area (Å²) >= 11 is 0. The minimum absolute atomic E-state index is 0.0786. The second-order valence-electron chi connectivity index (χ2n) is 6.93. The largest absolute Gasteiger partial charge is 0.484 e. The Morgan fingerprint density at radius 1 is 0.800 bits per heavy atom. The van der Waals surface area contributed by atoms with Gasteiger partial charge in [-0.15, -0.1) is 0 Å². The molecule has 1 amide bonds. The third-order valence-electron chi connectivity index (χ3n) is 4.63. The van der Waals surface area contributed by atoms with Crippen LogP contribution in [0, 0.1) is 0 Å². The molecular weight excluding hydrogens is 378 g/mol. The van der Waals surface area contributed by atoms with Crippen molar-refractivity contribution in [3.05, 3.63) is 102 Å². The Morgan fingerprint density at radius 3 is 1.97 bits per heavy atom. The number of Topliss-reactive ketones (excluding diaryl/α,β-unsaturated/α-hetero) is 1. The van der Waals surface area contributed by atoms with E-state index >= 15 is 0 Å². The van der Waals surface area contributed by atoms with E-state index in [1.54, 1.807) is 36.4 Å². The fraction of sp³-hybridized carbons (Fsp3) is 0.160. The zero-order valence-corrected chi connectivity index (χ0v) is 16.7. The normalized spacial score (nSPS) is 11.4. The summed E-state index contributed by atoms with van der Waals surface area (Å²) in [5, 5.41) is 2.72. The first kappa shape index (κ1) is 21.0. The molecule has 3 aromatic carbocycles. The molecule has 3 aromatic rings. The number of benzene rings is 3. The SMILES string of the molecule is CC(=O)[C@@H](Cc1ccccc1)NC(=O)COc1ccc(C(=O)c2ccccc2)cc1. The first-order valence-corrected chi connectivity index (χ1v) is 9.69. The molecule has 0 radical (unpaired) electrons. The van der Waals surface area contributed by atoms with Gasteiger partial charge in [-0.25, -0.2) is 0 Å². The fourth-order valence-corrected chi connectivity index (χ4v) is 2.99. The van der Waals surface area contributed by atoms with Gasteiger partial charge in [-0.2, -0.15) is 0 Å². The maximum atomic E-state index is 12.4. The topological polar surface area (TPSA) is 72.5 Å². The van der Waals surface area contributed by atoms with Crippen LogP contribution in [0.15, 0.2) is 84.9 Å². The number of ketones is 2. The molecule has 1 N–H and O–H groups in total. The lowest BCUT2D eigenvalue weighted by atomic mass is 10.0. The Kier molecular flexibility index (Phi) is 7.11. The van der Waals surface area contributed by atoms with Crippen molar-refractivity contribution in [2.24, 2.45) is 0 Å². The molecule has 0 fully saturated rings. The van der Waals surface area contributed by atoms with Gasteiger partial charge in [0.15, 0.2) is 18.2 Å². The van der Waals surface area contributed by atoms with Crippen molar-refractivity contribution < 1.29 is 19.1 Å². The van der Waals surface area contributed by atoms with Gasteiger partial charge in [0, 0.05) is 11.1 Å². The van der Waals surface area contributed by atoms with Crippen LogP contribution in [0.2, 0.25) is 0 Å². The lowest BCUT2D eigenvalue weighted by Gasteiger charge is -2.16. The molecule has 5 heteroatoms. The number of ether oxygens (including phenoxy) is 1. The first-order valence-electron chi connectivity index (χ1n) is 9.69. The minimum Gasteiger partial charge on any atom is -0.484 e. The van der Waals surface area contributed by atoms with E-state index in [0.717, 1.165) is 5.56 Å². The molecule has 0 aliphatic rings. The summed E-state index contributed by atoms with van der Waals surface area (Å²) < 4.78 is 5.50. The quantitative estimate of drug-likeness (QED) is 0.556. The second kappa shape index (κ2) is 10.2. The van der Waals surface area contributed by atoms with Crippen LogP contribution in [-0.2, 0) is 16.0 Å². The number of rotatable bonds is 9. The first-order chi connectivity index (χ1) is 14.5. The molecule has 0 spiro atoms. The molecule has 0 aromatic heterocycles. The van der Waals surface area contributed by atoms with Gasteiger partial charge in [0.05, 0.1) is 6.04 Å². The van der Waals surface area contributed by atoms with Crippen molar-refractivity contribution in [1.29, 1.82) is 0 Å². The summed E-state index contributed by atoms with van der Waals surface area (Å²) in [5.41, 5.74) is 2.12. The van der Waals surface area contributed by atoms with Crippen LogP contribution in [0.4, 0.5) is 0 Å². The number of nitrogens with one attached hydrogen (secondary N) is 1. The third kappa shape index (κ3) is 5.88. The van der Waals surface area contributed by atoms with Gasteiger partial charge in [0.2, 0.25) is 0 Å². The van der Waals surface area contributed by atoms with E-state index < -0.39 is 6.04 Å². The molecule has 152 valence electrons. The minimum atomic E-state index is -0.602. The summed E-state index contributed by atoms with van der Waals surface area (Å²) in [4.78, 5) is 36.5. The van der Waals surface area contributed by atoms with E-state index in [0.29, 0.717) is 23.3 Å². The van der Waals surface area contributed by atoms with Crippen molar-refractivity contribution in [2.45, 2.75) is 19.4 Å². The molecule has 0 aliphatic heterocycles. The highest BCUT2D eigenvalue weighted by Gasteiger charge is 2.18. The van der Waals surface area contributed by atoms with E-state index in [-0.39, 0.29) is 24.1 Å². The highest BCUT2D eigenvalue weighted by molar-refractivity contribution is 6.09. The fourth-order valence-electron chi connectivity index (χ4n) is 2.99. The standard InChI is InChI=1S/C25H23NO4/c1-18(27)23(16-19-8-4-2-5-9-19)26-24(28)17-30-22-14-12-21(13-15-22)25(29)20-10-6-3-7-11-20/h2-15,23H,16-17H2,1H3,(H,26,28)/t23-/m1/s1. The van der Waals surface area contributed by atoms with Crippen molar-refractivity contribution in [1.82, 2.24) is 5.32 Å². The summed E-state index contributed by atoms with van der Waals surface area (Å²) in [7, 11) is 0. The highest BCUT2D eigenvalue weighted by atomic mass is 16.5. The van der Waals surface area contributed by atoms with Crippen molar-refractivity contribution in [3.8, 4) is 5.75 Å². The third-order valence-corrected chi connectivity index (χ3v) is 4.63. The zero-order chi connectivity index (χ0) is 21.3. The van der Waals surface area contributed by atoms with Gasteiger partial charge in [-0.1, -0.05) is 60.7 Å². The van der Waals surface area contributed by atoms with Crippen molar-refractivity contribution in [3.63, 3.8) is 0 Å². The van der Waals surface area contributed by atoms with E-state index in [1.165, 1.54) is 6.92 Å². The van der Waals surface area contributed by atoms with Crippen LogP contribution in [0.1, 0.15) is 28.4 Å². The maximum Gasteiger partial charge on any atom is 0.258 e. The highest BCUT2D eigenvalue weighted by Crippen LogP contribution is 2.15. The summed E-state index contributed by atoms with van der Waals surface area (Å²) in [6.45, 7) is 1.24. The number of carbonyl (C=O) groups excluding carboxylic acids is 3. The van der Waals surface area contributed by atoms with Crippen LogP contribution in [0.5, 0.6) is 5.75 Å². The molecule has 3 rings (SSSR count). The molecule has 0 heterocycles. The van der Waals surface area contributed by atoms with Crippen molar-refractivity contribution >= 4 is 17.5 Å². The summed E-state index contributed by atoms with van der Waals surface area (Å²) in [5.74, 6) is -0.103. The van der Waals surface area contributed by atoms with Crippen LogP contribution >= 0.6 is 0 Å². The van der Waals surface area contributed by atoms with Crippen LogP contribution in [-0.4, -0.2) is 30.1 Å². The summed E-state index contributed by atoms with van der Waals surface area (Å²) in [6, 6.07) is 24.5. The van der Waals surface area contributed by atoms with Crippen molar-refractivity contribution in [2.75, 3.05) is 6.61 Å². The Morgan fingerprint density at radius 2 is 1.37 bits per heavy atom. The molecule has 0 saturated heterocycles. The van der Waals surface area contributed by atoms with Gasteiger partial charge >= 0.3 is 0 Å². The van der Waals surface area contributed by atoms with Crippen LogP contribution < -0.4 is 10.1 Å². The second-order valence-corrected chi connectivity index (χ2v) is 6.93. The number of amides is 1. The Bertz CT molecular complexity index is 998. The van der Waals surface area contributed by atoms with E-state index in [2.05, 4.69) is 5.32 Å². The van der Waals surface area contributed by atoms with Gasteiger partial charge < -0.3 is 10.1 Å². The van der Waals surface area contributed by atoms with E-state index in [4.69, 9.17) is 4.74 Å². The monoisotopic (exact) mass is 401 g/mol. The number of carbonyl (C=O) groups is 3. The average molecular weight is 401 g/mol. The molecule has 30 heavy (non-hydrogen) atoms. The Labute approximate surface area is 175 Å². The molecule has 0 bridgehead atoms. The smallest absolute Gasteiger partial charge is 0.258 e. The molecule has 5 nitrogen and oxygen atoms in total. The number of hydrogen-bond acceptors (Lipinski definition) is 4. The molecular formula is C25H23NO4. The van der Waals surface area contributed by atoms with Crippen LogP contribution in [0.3, 0.4) is 0 Å². The predicted molar refractivity (Wildman–Crippen MR) is 115 cm³/mol. The summed E-state index contributed by atoms with van der Waals surface area (Å²) in [6.07, 6.45) is 0.429. The van der Waals surface area contributed by atoms with Gasteiger partial charge in [-0.3, -0.25) is 14.4 Å². The van der Waals surface area contributed by atoms with Gasteiger partial charge in [0.1, 0.15) is 5.75 Å². The van der Waals surface area contributed by atoms with E-state index in [9.17, 15) is 14.4 Å². The zero-order valence-electron chi connectivity index (χ0n) is 16.7. The van der Waals surface area contributed by atoms with Gasteiger partial charge in [-0.05, 0) is 43.2 Å². The lowest BCUT2D eigenvalue weighted by molar-refractivity contribution is -0.128. The molecule has 0 aliphatic carbocycles. The Balaban J connectivity index is 1.53. The molecule has 0 unspecified atom stereocenters. The number of hydrogen-bond donors (Lipinski definition) is 1. The maximum absolute atomic E-state index is 12.4. The van der Waals surface area contributed by atoms with Crippen LogP contribution in [0.25, 0.3) is 0 Å². The van der Waals surface area contributed by atoms with Gasteiger partial charge in [0.25, 0.3) is 5.91 Å². The van der Waals surface area contributed by atoms with E-state index in [1.807, 2.05) is 48.5 Å². The molecule has 0 saturated carbocycles. The lowest BCUT2D eigenvalue weighted by Crippen LogP contribution is -2.43.